The zero-order valence-electron chi connectivity index (χ0n) is 12.4. The number of nitrogens with one attached hydrogen (secondary N) is 1. The summed E-state index contributed by atoms with van der Waals surface area (Å²) in [6, 6.07) is 5.60. The molecule has 2 aromatic heterocycles. The van der Waals surface area contributed by atoms with E-state index in [1.54, 1.807) is 13.0 Å². The molecule has 9 heteroatoms. The molecule has 126 valence electrons. The minimum absolute atomic E-state index is 0. The van der Waals surface area contributed by atoms with Crippen molar-refractivity contribution in [3.63, 3.8) is 0 Å². The fraction of sp³-hybridized carbons (Fsp3) is 0.133. The highest BCUT2D eigenvalue weighted by Crippen LogP contribution is 2.23. The maximum Gasteiger partial charge on any atom is 0.359 e. The predicted octanol–water partition coefficient (Wildman–Crippen LogP) is 3.21. The number of benzene rings is 1. The first-order valence-electron chi connectivity index (χ1n) is 6.76. The van der Waals surface area contributed by atoms with Crippen LogP contribution < -0.4 is 5.43 Å². The number of halogens is 3. The van der Waals surface area contributed by atoms with Crippen LogP contribution in [-0.4, -0.2) is 27.3 Å². The molecular formula is C15H12BrClFN3O3. The molecule has 0 aliphatic heterocycles. The summed E-state index contributed by atoms with van der Waals surface area (Å²) in [7, 11) is 0. The van der Waals surface area contributed by atoms with E-state index in [1.165, 1.54) is 24.4 Å². The number of H-pyrrole nitrogens is 1. The van der Waals surface area contributed by atoms with E-state index in [1.807, 2.05) is 0 Å². The quantitative estimate of drug-likeness (QED) is 0.665. The van der Waals surface area contributed by atoms with Crippen LogP contribution >= 0.6 is 28.3 Å². The molecule has 3 aromatic rings. The molecule has 0 radical (unpaired) electrons. The predicted molar refractivity (Wildman–Crippen MR) is 92.6 cm³/mol. The maximum absolute atomic E-state index is 14.3. The van der Waals surface area contributed by atoms with Gasteiger partial charge in [-0.15, -0.1) is 12.4 Å². The Morgan fingerprint density at radius 3 is 2.83 bits per heavy atom. The van der Waals surface area contributed by atoms with E-state index in [2.05, 4.69) is 26.0 Å². The topological polar surface area (TPSA) is 77.0 Å². The van der Waals surface area contributed by atoms with Crippen molar-refractivity contribution >= 4 is 45.3 Å². The Bertz CT molecular complexity index is 970. The number of carbonyl (C=O) groups excluding carboxylic acids is 1. The number of aromatic amines is 1. The van der Waals surface area contributed by atoms with Crippen molar-refractivity contribution < 1.29 is 13.9 Å². The molecule has 0 bridgehead atoms. The molecule has 24 heavy (non-hydrogen) atoms. The Kier molecular flexibility index (Phi) is 5.40. The molecule has 0 saturated heterocycles. The van der Waals surface area contributed by atoms with E-state index in [4.69, 9.17) is 4.74 Å². The van der Waals surface area contributed by atoms with Gasteiger partial charge in [-0.25, -0.2) is 13.9 Å². The van der Waals surface area contributed by atoms with Crippen molar-refractivity contribution in [2.75, 3.05) is 6.61 Å². The average molecular weight is 417 g/mol. The minimum atomic E-state index is -0.695. The van der Waals surface area contributed by atoms with Crippen LogP contribution in [0.15, 0.2) is 39.7 Å². The van der Waals surface area contributed by atoms with Gasteiger partial charge in [0.05, 0.1) is 6.61 Å². The highest BCUT2D eigenvalue weighted by molar-refractivity contribution is 9.10. The fourth-order valence-electron chi connectivity index (χ4n) is 2.22. The van der Waals surface area contributed by atoms with Gasteiger partial charge in [0, 0.05) is 16.7 Å². The van der Waals surface area contributed by atoms with Gasteiger partial charge in [-0.3, -0.25) is 4.79 Å². The zero-order valence-corrected chi connectivity index (χ0v) is 14.8. The van der Waals surface area contributed by atoms with Crippen LogP contribution in [-0.2, 0) is 4.74 Å². The zero-order chi connectivity index (χ0) is 16.6. The van der Waals surface area contributed by atoms with Crippen molar-refractivity contribution in [3.05, 3.63) is 56.7 Å². The highest BCUT2D eigenvalue weighted by Gasteiger charge is 2.24. The van der Waals surface area contributed by atoms with Gasteiger partial charge in [0.25, 0.3) is 0 Å². The number of ether oxygens (including phenoxy) is 1. The third-order valence-electron chi connectivity index (χ3n) is 3.19. The fourth-order valence-corrected chi connectivity index (χ4v) is 2.56. The van der Waals surface area contributed by atoms with Gasteiger partial charge in [0.1, 0.15) is 17.0 Å². The molecule has 0 spiro atoms. The number of hydrogen-bond acceptors (Lipinski definition) is 4. The molecule has 0 unspecified atom stereocenters. The highest BCUT2D eigenvalue weighted by atomic mass is 79.9. The second-order valence-electron chi connectivity index (χ2n) is 4.64. The van der Waals surface area contributed by atoms with E-state index < -0.39 is 11.8 Å². The van der Waals surface area contributed by atoms with Crippen LogP contribution in [0.5, 0.6) is 0 Å². The molecule has 0 amide bonds. The molecule has 0 saturated carbocycles. The summed E-state index contributed by atoms with van der Waals surface area (Å²) >= 11 is 3.17. The molecule has 1 N–H and O–H groups in total. The lowest BCUT2D eigenvalue weighted by Gasteiger charge is -2.08. The Hall–Kier alpha value is -2.19. The molecule has 0 fully saturated rings. The first-order chi connectivity index (χ1) is 11.0. The number of pyridine rings is 1. The van der Waals surface area contributed by atoms with Gasteiger partial charge >= 0.3 is 5.97 Å². The molecule has 0 aliphatic rings. The summed E-state index contributed by atoms with van der Waals surface area (Å²) in [5.41, 5.74) is -0.113. The standard InChI is InChI=1S/C15H11BrFN3O3.ClH/c1-2-23-15(22)14-13-12(11(21)5-6-18-13)19-20(14)10-4-3-8(16)7-9(10)17;/h3-7,18H,2H2,1H3;1H. The Morgan fingerprint density at radius 2 is 2.17 bits per heavy atom. The van der Waals surface area contributed by atoms with Crippen molar-refractivity contribution in [2.45, 2.75) is 6.92 Å². The Balaban J connectivity index is 0.00000208. The van der Waals surface area contributed by atoms with Crippen molar-refractivity contribution in [3.8, 4) is 5.69 Å². The summed E-state index contributed by atoms with van der Waals surface area (Å²) < 4.78 is 20.9. The van der Waals surface area contributed by atoms with Crippen LogP contribution in [0.25, 0.3) is 16.7 Å². The van der Waals surface area contributed by atoms with E-state index in [0.29, 0.717) is 4.47 Å². The molecule has 3 rings (SSSR count). The van der Waals surface area contributed by atoms with Crippen LogP contribution in [0.3, 0.4) is 0 Å². The summed E-state index contributed by atoms with van der Waals surface area (Å²) in [5, 5.41) is 4.09. The third-order valence-corrected chi connectivity index (χ3v) is 3.68. The first-order valence-corrected chi connectivity index (χ1v) is 7.55. The second kappa shape index (κ2) is 7.14. The molecule has 0 atom stereocenters. The molecule has 0 aliphatic carbocycles. The molecule has 2 heterocycles. The van der Waals surface area contributed by atoms with Crippen LogP contribution in [0, 0.1) is 5.82 Å². The molecular weight excluding hydrogens is 405 g/mol. The molecule has 1 aromatic carbocycles. The molecule has 6 nitrogen and oxygen atoms in total. The average Bonchev–Trinajstić information content (AvgIpc) is 2.88. The van der Waals surface area contributed by atoms with Gasteiger partial charge in [0.15, 0.2) is 11.2 Å². The summed E-state index contributed by atoms with van der Waals surface area (Å²) in [4.78, 5) is 27.0. The smallest absolute Gasteiger partial charge is 0.359 e. The monoisotopic (exact) mass is 415 g/mol. The largest absolute Gasteiger partial charge is 0.461 e. The lowest BCUT2D eigenvalue weighted by atomic mass is 10.2. The minimum Gasteiger partial charge on any atom is -0.461 e. The summed E-state index contributed by atoms with van der Waals surface area (Å²) in [5.74, 6) is -1.29. The van der Waals surface area contributed by atoms with E-state index >= 15 is 0 Å². The van der Waals surface area contributed by atoms with Crippen molar-refractivity contribution in [1.29, 1.82) is 0 Å². The van der Waals surface area contributed by atoms with Crippen molar-refractivity contribution in [1.82, 2.24) is 14.8 Å². The first kappa shape index (κ1) is 18.2. The van der Waals surface area contributed by atoms with Gasteiger partial charge in [-0.1, -0.05) is 15.9 Å². The number of nitrogens with zero attached hydrogens (tertiary/aromatic N) is 2. The Morgan fingerprint density at radius 1 is 1.42 bits per heavy atom. The third kappa shape index (κ3) is 3.07. The second-order valence-corrected chi connectivity index (χ2v) is 5.56. The Labute approximate surface area is 150 Å². The number of hydrogen-bond donors (Lipinski definition) is 1. The van der Waals surface area contributed by atoms with Gasteiger partial charge in [0.2, 0.25) is 5.43 Å². The van der Waals surface area contributed by atoms with Crippen LogP contribution in [0.2, 0.25) is 0 Å². The number of fused-ring (bicyclic) bond motifs is 1. The lowest BCUT2D eigenvalue weighted by Crippen LogP contribution is -2.13. The van der Waals surface area contributed by atoms with E-state index in [-0.39, 0.29) is 46.9 Å². The van der Waals surface area contributed by atoms with E-state index in [9.17, 15) is 14.0 Å². The van der Waals surface area contributed by atoms with Crippen LogP contribution in [0.4, 0.5) is 4.39 Å². The number of rotatable bonds is 3. The summed E-state index contributed by atoms with van der Waals surface area (Å²) in [6.45, 7) is 1.80. The summed E-state index contributed by atoms with van der Waals surface area (Å²) in [6.07, 6.45) is 1.40. The maximum atomic E-state index is 14.3. The van der Waals surface area contributed by atoms with Crippen LogP contribution in [0.1, 0.15) is 17.4 Å². The normalized spacial score (nSPS) is 10.5. The van der Waals surface area contributed by atoms with Crippen molar-refractivity contribution in [2.24, 2.45) is 0 Å². The van der Waals surface area contributed by atoms with Gasteiger partial charge < -0.3 is 9.72 Å². The SMILES string of the molecule is CCOC(=O)c1c2[nH]ccc(=O)c2nn1-c1ccc(Br)cc1F.Cl. The number of esters is 1. The number of carbonyl (C=O) groups is 1. The lowest BCUT2D eigenvalue weighted by molar-refractivity contribution is 0.0517. The van der Waals surface area contributed by atoms with E-state index in [0.717, 1.165) is 4.68 Å². The van der Waals surface area contributed by atoms with Gasteiger partial charge in [-0.05, 0) is 25.1 Å². The number of aromatic nitrogens is 3. The van der Waals surface area contributed by atoms with Gasteiger partial charge in [-0.2, -0.15) is 5.10 Å².